The van der Waals surface area contributed by atoms with Gasteiger partial charge >= 0.3 is 0 Å². The van der Waals surface area contributed by atoms with Gasteiger partial charge in [0.05, 0.1) is 0 Å². The second-order valence-corrected chi connectivity index (χ2v) is 6.60. The molecule has 3 heteroatoms. The van der Waals surface area contributed by atoms with Crippen molar-refractivity contribution < 1.29 is 0 Å². The minimum Gasteiger partial charge on any atom is -0.384 e. The second kappa shape index (κ2) is 8.25. The van der Waals surface area contributed by atoms with Crippen molar-refractivity contribution in [1.29, 1.82) is 0 Å². The maximum Gasteiger partial charge on any atom is 0.0416 e. The highest BCUT2D eigenvalue weighted by molar-refractivity contribution is 5.49. The molecule has 1 rings (SSSR count). The lowest BCUT2D eigenvalue weighted by atomic mass is 9.85. The Labute approximate surface area is 124 Å². The smallest absolute Gasteiger partial charge is 0.0416 e. The molecule has 0 unspecified atom stereocenters. The molecule has 0 atom stereocenters. The van der Waals surface area contributed by atoms with Gasteiger partial charge in [-0.1, -0.05) is 41.5 Å². The van der Waals surface area contributed by atoms with E-state index >= 15 is 0 Å². The standard InChI is InChI=1S/C17H31N3/c1-12(2)16(13(3)4)11-20-17-7-8-18-9-15(17)10-19-14(5)6/h7-9,12-14,16,19H,10-11H2,1-6H3,(H,18,20). The molecule has 20 heavy (non-hydrogen) atoms. The van der Waals surface area contributed by atoms with Gasteiger partial charge in [0.1, 0.15) is 0 Å². The fourth-order valence-corrected chi connectivity index (χ4v) is 2.52. The Hall–Kier alpha value is -1.09. The summed E-state index contributed by atoms with van der Waals surface area (Å²) in [7, 11) is 0. The van der Waals surface area contributed by atoms with Crippen molar-refractivity contribution in [1.82, 2.24) is 10.3 Å². The van der Waals surface area contributed by atoms with Crippen LogP contribution in [0.1, 0.15) is 47.1 Å². The summed E-state index contributed by atoms with van der Waals surface area (Å²) in [5.74, 6) is 2.08. The average Bonchev–Trinajstić information content (AvgIpc) is 2.36. The largest absolute Gasteiger partial charge is 0.384 e. The van der Waals surface area contributed by atoms with E-state index in [-0.39, 0.29) is 0 Å². The molecule has 0 aliphatic rings. The number of aromatic nitrogens is 1. The van der Waals surface area contributed by atoms with Crippen LogP contribution >= 0.6 is 0 Å². The summed E-state index contributed by atoms with van der Waals surface area (Å²) < 4.78 is 0. The Bertz CT molecular complexity index is 378. The average molecular weight is 277 g/mol. The van der Waals surface area contributed by atoms with Gasteiger partial charge in [-0.3, -0.25) is 4.98 Å². The molecule has 0 saturated carbocycles. The van der Waals surface area contributed by atoms with E-state index in [0.29, 0.717) is 23.8 Å². The molecule has 0 radical (unpaired) electrons. The zero-order valence-corrected chi connectivity index (χ0v) is 13.9. The summed E-state index contributed by atoms with van der Waals surface area (Å²) in [4.78, 5) is 4.24. The van der Waals surface area contributed by atoms with Gasteiger partial charge < -0.3 is 10.6 Å². The van der Waals surface area contributed by atoms with Crippen LogP contribution in [0.4, 0.5) is 5.69 Å². The molecule has 0 saturated heterocycles. The predicted octanol–water partition coefficient (Wildman–Crippen LogP) is 3.92. The van der Waals surface area contributed by atoms with Crippen molar-refractivity contribution in [2.24, 2.45) is 17.8 Å². The van der Waals surface area contributed by atoms with Gasteiger partial charge in [-0.2, -0.15) is 0 Å². The quantitative estimate of drug-likeness (QED) is 0.756. The van der Waals surface area contributed by atoms with E-state index in [1.807, 2.05) is 12.4 Å². The van der Waals surface area contributed by atoms with Crippen LogP contribution in [0.3, 0.4) is 0 Å². The fourth-order valence-electron chi connectivity index (χ4n) is 2.52. The van der Waals surface area contributed by atoms with Gasteiger partial charge in [0, 0.05) is 42.8 Å². The Kier molecular flexibility index (Phi) is 7.00. The van der Waals surface area contributed by atoms with Crippen molar-refractivity contribution in [2.75, 3.05) is 11.9 Å². The number of pyridine rings is 1. The molecule has 1 aromatic rings. The van der Waals surface area contributed by atoms with Crippen molar-refractivity contribution >= 4 is 5.69 Å². The van der Waals surface area contributed by atoms with Crippen molar-refractivity contribution in [3.63, 3.8) is 0 Å². The highest BCUT2D eigenvalue weighted by Crippen LogP contribution is 2.22. The minimum absolute atomic E-state index is 0.488. The molecule has 2 N–H and O–H groups in total. The SMILES string of the molecule is CC(C)NCc1cnccc1NCC(C(C)C)C(C)C. The van der Waals surface area contributed by atoms with E-state index in [1.54, 1.807) is 0 Å². The second-order valence-electron chi connectivity index (χ2n) is 6.60. The van der Waals surface area contributed by atoms with Crippen LogP contribution in [0.2, 0.25) is 0 Å². The molecule has 1 aromatic heterocycles. The van der Waals surface area contributed by atoms with Crippen LogP contribution in [0.5, 0.6) is 0 Å². The van der Waals surface area contributed by atoms with Crippen LogP contribution in [-0.4, -0.2) is 17.6 Å². The van der Waals surface area contributed by atoms with Crippen molar-refractivity contribution in [3.05, 3.63) is 24.0 Å². The summed E-state index contributed by atoms with van der Waals surface area (Å²) >= 11 is 0. The fraction of sp³-hybridized carbons (Fsp3) is 0.706. The molecule has 0 aliphatic carbocycles. The Morgan fingerprint density at radius 1 is 1.05 bits per heavy atom. The van der Waals surface area contributed by atoms with Gasteiger partial charge in [0.2, 0.25) is 0 Å². The lowest BCUT2D eigenvalue weighted by molar-refractivity contribution is 0.304. The molecule has 0 fully saturated rings. The van der Waals surface area contributed by atoms with E-state index < -0.39 is 0 Å². The summed E-state index contributed by atoms with van der Waals surface area (Å²) in [6.45, 7) is 15.4. The lowest BCUT2D eigenvalue weighted by Gasteiger charge is -2.26. The van der Waals surface area contributed by atoms with E-state index in [2.05, 4.69) is 63.2 Å². The third-order valence-electron chi connectivity index (χ3n) is 3.85. The zero-order valence-electron chi connectivity index (χ0n) is 13.9. The third-order valence-corrected chi connectivity index (χ3v) is 3.85. The van der Waals surface area contributed by atoms with E-state index in [0.717, 1.165) is 13.1 Å². The number of rotatable bonds is 8. The Morgan fingerprint density at radius 3 is 2.25 bits per heavy atom. The normalized spacial score (nSPS) is 11.9. The first-order valence-corrected chi connectivity index (χ1v) is 7.82. The van der Waals surface area contributed by atoms with Gasteiger partial charge in [0.25, 0.3) is 0 Å². The number of hydrogen-bond donors (Lipinski definition) is 2. The first kappa shape index (κ1) is 17.0. The van der Waals surface area contributed by atoms with E-state index in [1.165, 1.54) is 11.3 Å². The minimum atomic E-state index is 0.488. The highest BCUT2D eigenvalue weighted by atomic mass is 14.9. The van der Waals surface area contributed by atoms with Crippen LogP contribution in [0.25, 0.3) is 0 Å². The topological polar surface area (TPSA) is 37.0 Å². The maximum absolute atomic E-state index is 4.24. The number of hydrogen-bond acceptors (Lipinski definition) is 3. The maximum atomic E-state index is 4.24. The first-order chi connectivity index (χ1) is 9.41. The Morgan fingerprint density at radius 2 is 1.70 bits per heavy atom. The van der Waals surface area contributed by atoms with Crippen LogP contribution in [0.15, 0.2) is 18.5 Å². The molecule has 0 bridgehead atoms. The zero-order chi connectivity index (χ0) is 15.1. The van der Waals surface area contributed by atoms with Gasteiger partial charge in [-0.25, -0.2) is 0 Å². The summed E-state index contributed by atoms with van der Waals surface area (Å²) in [5, 5.41) is 7.08. The summed E-state index contributed by atoms with van der Waals surface area (Å²) in [6, 6.07) is 2.57. The summed E-state index contributed by atoms with van der Waals surface area (Å²) in [6.07, 6.45) is 3.82. The number of anilines is 1. The number of nitrogens with one attached hydrogen (secondary N) is 2. The van der Waals surface area contributed by atoms with E-state index in [4.69, 9.17) is 0 Å². The van der Waals surface area contributed by atoms with Gasteiger partial charge in [0.15, 0.2) is 0 Å². The monoisotopic (exact) mass is 277 g/mol. The molecule has 3 nitrogen and oxygen atoms in total. The molecule has 0 aliphatic heterocycles. The van der Waals surface area contributed by atoms with Gasteiger partial charge in [-0.15, -0.1) is 0 Å². The molecule has 0 aromatic carbocycles. The van der Waals surface area contributed by atoms with Gasteiger partial charge in [-0.05, 0) is 23.8 Å². The predicted molar refractivity (Wildman–Crippen MR) is 87.9 cm³/mol. The molecule has 0 spiro atoms. The molecule has 0 amide bonds. The molecular formula is C17H31N3. The van der Waals surface area contributed by atoms with Crippen LogP contribution in [0, 0.1) is 17.8 Å². The highest BCUT2D eigenvalue weighted by Gasteiger charge is 2.17. The van der Waals surface area contributed by atoms with E-state index in [9.17, 15) is 0 Å². The van der Waals surface area contributed by atoms with Crippen LogP contribution in [-0.2, 0) is 6.54 Å². The third kappa shape index (κ3) is 5.49. The first-order valence-electron chi connectivity index (χ1n) is 7.82. The van der Waals surface area contributed by atoms with Crippen molar-refractivity contribution in [2.45, 2.75) is 54.1 Å². The molecule has 1 heterocycles. The lowest BCUT2D eigenvalue weighted by Crippen LogP contribution is -2.26. The summed E-state index contributed by atoms with van der Waals surface area (Å²) in [5.41, 5.74) is 2.45. The molecule has 114 valence electrons. The molecular weight excluding hydrogens is 246 g/mol. The van der Waals surface area contributed by atoms with Crippen LogP contribution < -0.4 is 10.6 Å². The van der Waals surface area contributed by atoms with Crippen molar-refractivity contribution in [3.8, 4) is 0 Å². The number of nitrogens with zero attached hydrogens (tertiary/aromatic N) is 1. The Balaban J connectivity index is 2.67.